The molecule has 0 saturated heterocycles. The molecule has 0 aliphatic heterocycles. The first kappa shape index (κ1) is 7.22. The molecule has 0 fully saturated rings. The lowest BCUT2D eigenvalue weighted by atomic mass is 10.2. The van der Waals surface area contributed by atoms with Gasteiger partial charge in [-0.1, -0.05) is 0 Å². The van der Waals surface area contributed by atoms with Gasteiger partial charge in [0.15, 0.2) is 0 Å². The zero-order valence-electron chi connectivity index (χ0n) is 5.48. The van der Waals surface area contributed by atoms with Crippen LogP contribution in [0, 0.1) is 16.2 Å². The molecule has 0 aliphatic carbocycles. The molecule has 0 aromatic heterocycles. The Morgan fingerprint density at radius 1 is 1.55 bits per heavy atom. The van der Waals surface area contributed by atoms with Gasteiger partial charge in [-0.25, -0.2) is 0 Å². The van der Waals surface area contributed by atoms with Crippen molar-refractivity contribution in [2.24, 2.45) is 5.18 Å². The number of nitroso groups, excluding NO2 is 1. The van der Waals surface area contributed by atoms with Gasteiger partial charge in [-0.2, -0.15) is 5.26 Å². The van der Waals surface area contributed by atoms with Crippen molar-refractivity contribution in [1.29, 1.82) is 5.26 Å². The Kier molecular flexibility index (Phi) is 1.83. The number of hydrogen-bond donors (Lipinski definition) is 1. The second-order valence-electron chi connectivity index (χ2n) is 1.90. The van der Waals surface area contributed by atoms with Gasteiger partial charge in [-0.05, 0) is 17.3 Å². The molecule has 1 N–H and O–H groups in total. The number of benzene rings is 1. The highest BCUT2D eigenvalue weighted by Gasteiger charge is 2.00. The van der Waals surface area contributed by atoms with Gasteiger partial charge < -0.3 is 5.11 Å². The van der Waals surface area contributed by atoms with Crippen LogP contribution in [0.25, 0.3) is 0 Å². The van der Waals surface area contributed by atoms with Gasteiger partial charge in [0, 0.05) is 6.07 Å². The Morgan fingerprint density at radius 2 is 2.27 bits per heavy atom. The van der Waals surface area contributed by atoms with E-state index in [2.05, 4.69) is 5.18 Å². The fraction of sp³-hybridized carbons (Fsp3) is 0. The lowest BCUT2D eigenvalue weighted by molar-refractivity contribution is 0.474. The number of nitriles is 1. The smallest absolute Gasteiger partial charge is 0.135 e. The van der Waals surface area contributed by atoms with Crippen LogP contribution in [-0.4, -0.2) is 5.11 Å². The summed E-state index contributed by atoms with van der Waals surface area (Å²) >= 11 is 0. The Labute approximate surface area is 62.7 Å². The van der Waals surface area contributed by atoms with Gasteiger partial charge in [0.2, 0.25) is 0 Å². The molecule has 1 aromatic rings. The molecule has 0 bridgehead atoms. The quantitative estimate of drug-likeness (QED) is 0.615. The van der Waals surface area contributed by atoms with Crippen LogP contribution in [-0.2, 0) is 0 Å². The van der Waals surface area contributed by atoms with E-state index in [0.717, 1.165) is 6.07 Å². The van der Waals surface area contributed by atoms with E-state index in [0.29, 0.717) is 0 Å². The van der Waals surface area contributed by atoms with Crippen molar-refractivity contribution in [3.05, 3.63) is 28.7 Å². The van der Waals surface area contributed by atoms with Gasteiger partial charge >= 0.3 is 0 Å². The zero-order chi connectivity index (χ0) is 8.27. The fourth-order valence-corrected chi connectivity index (χ4v) is 0.671. The molecule has 0 atom stereocenters. The number of hydrogen-bond acceptors (Lipinski definition) is 4. The predicted molar refractivity (Wildman–Crippen MR) is 38.3 cm³/mol. The van der Waals surface area contributed by atoms with E-state index >= 15 is 0 Å². The van der Waals surface area contributed by atoms with Crippen LogP contribution in [0.5, 0.6) is 5.75 Å². The highest BCUT2D eigenvalue weighted by Crippen LogP contribution is 2.22. The second-order valence-corrected chi connectivity index (χ2v) is 1.90. The van der Waals surface area contributed by atoms with E-state index in [1.807, 2.05) is 0 Å². The first-order valence-corrected chi connectivity index (χ1v) is 2.84. The predicted octanol–water partition coefficient (Wildman–Crippen LogP) is 1.66. The Morgan fingerprint density at radius 3 is 2.73 bits per heavy atom. The third-order valence-electron chi connectivity index (χ3n) is 1.21. The summed E-state index contributed by atoms with van der Waals surface area (Å²) in [6, 6.07) is 5.60. The van der Waals surface area contributed by atoms with Gasteiger partial charge in [-0.15, -0.1) is 4.91 Å². The molecule has 0 spiro atoms. The van der Waals surface area contributed by atoms with E-state index in [-0.39, 0.29) is 17.0 Å². The van der Waals surface area contributed by atoms with Crippen LogP contribution in [0.15, 0.2) is 23.4 Å². The van der Waals surface area contributed by atoms with Crippen molar-refractivity contribution >= 4 is 5.69 Å². The molecule has 11 heavy (non-hydrogen) atoms. The molecule has 4 heteroatoms. The van der Waals surface area contributed by atoms with E-state index in [4.69, 9.17) is 10.4 Å². The number of nitrogens with zero attached hydrogens (tertiary/aromatic N) is 2. The van der Waals surface area contributed by atoms with Gasteiger partial charge in [0.25, 0.3) is 0 Å². The van der Waals surface area contributed by atoms with Crippen LogP contribution in [0.1, 0.15) is 5.56 Å². The Balaban J connectivity index is 3.22. The van der Waals surface area contributed by atoms with Crippen LogP contribution in [0.4, 0.5) is 5.69 Å². The lowest BCUT2D eigenvalue weighted by Gasteiger charge is -1.93. The molecule has 1 aromatic carbocycles. The number of phenolic OH excluding ortho intramolecular Hbond substituents is 1. The molecular formula is C7H4N2O2. The highest BCUT2D eigenvalue weighted by molar-refractivity contribution is 5.51. The minimum Gasteiger partial charge on any atom is -0.506 e. The number of aromatic hydroxyl groups is 1. The average molecular weight is 148 g/mol. The molecule has 0 unspecified atom stereocenters. The molecule has 0 heterocycles. The van der Waals surface area contributed by atoms with Crippen molar-refractivity contribution in [2.45, 2.75) is 0 Å². The summed E-state index contributed by atoms with van der Waals surface area (Å²) < 4.78 is 0. The fourth-order valence-electron chi connectivity index (χ4n) is 0.671. The SMILES string of the molecule is N#Cc1ccc(N=O)cc1O. The van der Waals surface area contributed by atoms with E-state index in [9.17, 15) is 4.91 Å². The van der Waals surface area contributed by atoms with E-state index in [1.54, 1.807) is 6.07 Å². The maximum atomic E-state index is 9.91. The van der Waals surface area contributed by atoms with Crippen molar-refractivity contribution in [2.75, 3.05) is 0 Å². The summed E-state index contributed by atoms with van der Waals surface area (Å²) in [7, 11) is 0. The third-order valence-corrected chi connectivity index (χ3v) is 1.21. The van der Waals surface area contributed by atoms with Gasteiger partial charge in [0.05, 0.1) is 5.56 Å². The number of phenols is 1. The lowest BCUT2D eigenvalue weighted by Crippen LogP contribution is -1.73. The summed E-state index contributed by atoms with van der Waals surface area (Å²) in [6.45, 7) is 0. The third kappa shape index (κ3) is 1.33. The van der Waals surface area contributed by atoms with Crippen LogP contribution in [0.3, 0.4) is 0 Å². The molecule has 54 valence electrons. The first-order valence-electron chi connectivity index (χ1n) is 2.84. The molecule has 0 saturated carbocycles. The molecule has 0 radical (unpaired) electrons. The Bertz CT molecular complexity index is 328. The van der Waals surface area contributed by atoms with E-state index in [1.165, 1.54) is 12.1 Å². The van der Waals surface area contributed by atoms with Crippen LogP contribution >= 0.6 is 0 Å². The molecular weight excluding hydrogens is 144 g/mol. The summed E-state index contributed by atoms with van der Waals surface area (Å²) in [5.41, 5.74) is 0.249. The largest absolute Gasteiger partial charge is 0.506 e. The van der Waals surface area contributed by atoms with Gasteiger partial charge in [-0.3, -0.25) is 0 Å². The van der Waals surface area contributed by atoms with Crippen LogP contribution < -0.4 is 0 Å². The average Bonchev–Trinajstić information content (AvgIpc) is 2.04. The number of rotatable bonds is 1. The van der Waals surface area contributed by atoms with Crippen molar-refractivity contribution in [1.82, 2.24) is 0 Å². The molecule has 4 nitrogen and oxygen atoms in total. The molecule has 0 aliphatic rings. The maximum Gasteiger partial charge on any atom is 0.135 e. The second kappa shape index (κ2) is 2.80. The van der Waals surface area contributed by atoms with Crippen molar-refractivity contribution < 1.29 is 5.11 Å². The minimum absolute atomic E-state index is 0.113. The van der Waals surface area contributed by atoms with Crippen molar-refractivity contribution in [3.63, 3.8) is 0 Å². The molecule has 0 amide bonds. The van der Waals surface area contributed by atoms with E-state index < -0.39 is 0 Å². The van der Waals surface area contributed by atoms with Crippen molar-refractivity contribution in [3.8, 4) is 11.8 Å². The summed E-state index contributed by atoms with van der Waals surface area (Å²) in [5, 5.41) is 20.0. The summed E-state index contributed by atoms with van der Waals surface area (Å²) in [4.78, 5) is 9.91. The van der Waals surface area contributed by atoms with Crippen LogP contribution in [0.2, 0.25) is 0 Å². The monoisotopic (exact) mass is 148 g/mol. The minimum atomic E-state index is -0.218. The topological polar surface area (TPSA) is 73.5 Å². The van der Waals surface area contributed by atoms with Gasteiger partial charge in [0.1, 0.15) is 17.5 Å². The normalized spacial score (nSPS) is 8.64. The maximum absolute atomic E-state index is 9.91. The summed E-state index contributed by atoms with van der Waals surface area (Å²) in [6.07, 6.45) is 0. The first-order chi connectivity index (χ1) is 5.27. The Hall–Kier alpha value is -1.89. The zero-order valence-corrected chi connectivity index (χ0v) is 5.48. The molecule has 1 rings (SSSR count). The standard InChI is InChI=1S/C7H4N2O2/c8-4-5-1-2-6(9-11)3-7(5)10/h1-3,10H. The summed E-state index contributed by atoms with van der Waals surface area (Å²) in [5.74, 6) is -0.218. The highest BCUT2D eigenvalue weighted by atomic mass is 16.3.